The van der Waals surface area contributed by atoms with Crippen molar-refractivity contribution in [3.63, 3.8) is 0 Å². The molecule has 0 aliphatic carbocycles. The minimum Gasteiger partial charge on any atom is -0.356 e. The molecular formula is C14H19IN4O. The van der Waals surface area contributed by atoms with E-state index >= 15 is 0 Å². The molecule has 0 bridgehead atoms. The lowest BCUT2D eigenvalue weighted by Crippen LogP contribution is -2.40. The third-order valence-electron chi connectivity index (χ3n) is 3.46. The second-order valence-corrected chi connectivity index (χ2v) is 4.86. The minimum atomic E-state index is 0. The van der Waals surface area contributed by atoms with Gasteiger partial charge in [-0.25, -0.2) is 0 Å². The molecule has 3 rings (SSSR count). The first-order chi connectivity index (χ1) is 9.33. The van der Waals surface area contributed by atoms with E-state index in [1.54, 1.807) is 0 Å². The highest BCUT2D eigenvalue weighted by Crippen LogP contribution is 2.15. The standard InChI is InChI=1S/C14H18N4O.HI/c19-13-12-8-10(2-3-11(12)4-7-15-13)9-18-14-16-5-1-6-17-14;/h2-3,8H,1,4-7,9H2,(H,15,19)(H2,16,17,18);1H. The van der Waals surface area contributed by atoms with Crippen LogP contribution < -0.4 is 16.0 Å². The van der Waals surface area contributed by atoms with Gasteiger partial charge < -0.3 is 16.0 Å². The molecule has 6 heteroatoms. The van der Waals surface area contributed by atoms with Gasteiger partial charge in [-0.15, -0.1) is 24.0 Å². The van der Waals surface area contributed by atoms with Crippen LogP contribution >= 0.6 is 24.0 Å². The van der Waals surface area contributed by atoms with Gasteiger partial charge in [0.2, 0.25) is 0 Å². The molecule has 2 aliphatic rings. The van der Waals surface area contributed by atoms with Gasteiger partial charge in [-0.05, 0) is 30.0 Å². The Kier molecular flexibility index (Phi) is 5.22. The first kappa shape index (κ1) is 15.1. The summed E-state index contributed by atoms with van der Waals surface area (Å²) in [5, 5.41) is 9.36. The molecule has 0 spiro atoms. The summed E-state index contributed by atoms with van der Waals surface area (Å²) < 4.78 is 0. The van der Waals surface area contributed by atoms with Gasteiger partial charge in [0.05, 0.1) is 0 Å². The Morgan fingerprint density at radius 1 is 1.25 bits per heavy atom. The zero-order valence-electron chi connectivity index (χ0n) is 11.2. The number of guanidine groups is 1. The van der Waals surface area contributed by atoms with Crippen LogP contribution in [0, 0.1) is 0 Å². The van der Waals surface area contributed by atoms with Gasteiger partial charge in [-0.1, -0.05) is 12.1 Å². The van der Waals surface area contributed by atoms with Crippen molar-refractivity contribution in [3.05, 3.63) is 34.9 Å². The van der Waals surface area contributed by atoms with Crippen LogP contribution in [0.25, 0.3) is 0 Å². The van der Waals surface area contributed by atoms with Gasteiger partial charge in [0.15, 0.2) is 5.96 Å². The van der Waals surface area contributed by atoms with Crippen LogP contribution in [0.15, 0.2) is 23.2 Å². The SMILES string of the molecule is I.O=C1NCCc2ccc(CNC3=NCCCN3)cc21. The van der Waals surface area contributed by atoms with Crippen LogP contribution in [0.5, 0.6) is 0 Å². The van der Waals surface area contributed by atoms with Crippen LogP contribution in [-0.2, 0) is 13.0 Å². The molecule has 0 unspecified atom stereocenters. The molecule has 1 amide bonds. The lowest BCUT2D eigenvalue weighted by atomic mass is 9.98. The van der Waals surface area contributed by atoms with E-state index in [2.05, 4.69) is 33.1 Å². The summed E-state index contributed by atoms with van der Waals surface area (Å²) in [5.74, 6) is 0.893. The second-order valence-electron chi connectivity index (χ2n) is 4.86. The quantitative estimate of drug-likeness (QED) is 0.666. The molecule has 2 heterocycles. The van der Waals surface area contributed by atoms with Crippen molar-refractivity contribution in [1.29, 1.82) is 0 Å². The normalized spacial score (nSPS) is 17.0. The van der Waals surface area contributed by atoms with Crippen molar-refractivity contribution in [2.24, 2.45) is 4.99 Å². The Balaban J connectivity index is 0.00000147. The number of nitrogens with one attached hydrogen (secondary N) is 3. The van der Waals surface area contributed by atoms with E-state index in [0.29, 0.717) is 6.54 Å². The topological polar surface area (TPSA) is 65.5 Å². The van der Waals surface area contributed by atoms with E-state index in [0.717, 1.165) is 55.1 Å². The summed E-state index contributed by atoms with van der Waals surface area (Å²) in [5.41, 5.74) is 3.05. The number of nitrogens with zero attached hydrogens (tertiary/aromatic N) is 1. The number of halogens is 1. The summed E-state index contributed by atoms with van der Waals surface area (Å²) in [4.78, 5) is 16.1. The van der Waals surface area contributed by atoms with E-state index in [4.69, 9.17) is 0 Å². The number of fused-ring (bicyclic) bond motifs is 1. The monoisotopic (exact) mass is 386 g/mol. The highest BCUT2D eigenvalue weighted by molar-refractivity contribution is 14.0. The molecule has 0 atom stereocenters. The lowest BCUT2D eigenvalue weighted by Gasteiger charge is -2.19. The highest BCUT2D eigenvalue weighted by atomic mass is 127. The van der Waals surface area contributed by atoms with Gasteiger partial charge in [0.1, 0.15) is 0 Å². The molecule has 20 heavy (non-hydrogen) atoms. The van der Waals surface area contributed by atoms with E-state index in [1.165, 1.54) is 0 Å². The number of carbonyl (C=O) groups excluding carboxylic acids is 1. The molecule has 3 N–H and O–H groups in total. The van der Waals surface area contributed by atoms with Gasteiger partial charge in [0.25, 0.3) is 5.91 Å². The number of benzene rings is 1. The maximum absolute atomic E-state index is 11.8. The molecule has 1 aromatic rings. The Labute approximate surface area is 135 Å². The van der Waals surface area contributed by atoms with Crippen molar-refractivity contribution in [3.8, 4) is 0 Å². The molecule has 1 aromatic carbocycles. The molecule has 5 nitrogen and oxygen atoms in total. The third-order valence-corrected chi connectivity index (χ3v) is 3.46. The molecule has 0 saturated carbocycles. The number of aliphatic imine (C=N–C) groups is 1. The maximum atomic E-state index is 11.8. The fourth-order valence-corrected chi connectivity index (χ4v) is 2.41. The summed E-state index contributed by atoms with van der Waals surface area (Å²) >= 11 is 0. The number of amides is 1. The average Bonchev–Trinajstić information content (AvgIpc) is 2.47. The average molecular weight is 386 g/mol. The van der Waals surface area contributed by atoms with Crippen molar-refractivity contribution in [1.82, 2.24) is 16.0 Å². The van der Waals surface area contributed by atoms with Gasteiger partial charge in [0, 0.05) is 31.7 Å². The van der Waals surface area contributed by atoms with Gasteiger partial charge >= 0.3 is 0 Å². The molecule has 2 aliphatic heterocycles. The predicted octanol–water partition coefficient (Wildman–Crippen LogP) is 1.03. The van der Waals surface area contributed by atoms with Crippen molar-refractivity contribution < 1.29 is 4.79 Å². The van der Waals surface area contributed by atoms with E-state index in [9.17, 15) is 4.79 Å². The van der Waals surface area contributed by atoms with E-state index in [1.807, 2.05) is 6.07 Å². The molecule has 0 radical (unpaired) electrons. The molecule has 108 valence electrons. The predicted molar refractivity (Wildman–Crippen MR) is 89.7 cm³/mol. The fraction of sp³-hybridized carbons (Fsp3) is 0.429. The first-order valence-electron chi connectivity index (χ1n) is 6.75. The van der Waals surface area contributed by atoms with Gasteiger partial charge in [-0.3, -0.25) is 9.79 Å². The Hall–Kier alpha value is -1.31. The molecule has 0 fully saturated rings. The maximum Gasteiger partial charge on any atom is 0.251 e. The Morgan fingerprint density at radius 2 is 2.15 bits per heavy atom. The number of rotatable bonds is 2. The highest BCUT2D eigenvalue weighted by Gasteiger charge is 2.16. The van der Waals surface area contributed by atoms with E-state index in [-0.39, 0.29) is 29.9 Å². The Bertz CT molecular complexity index is 530. The first-order valence-corrected chi connectivity index (χ1v) is 6.75. The third kappa shape index (κ3) is 3.41. The van der Waals surface area contributed by atoms with Crippen molar-refractivity contribution in [2.45, 2.75) is 19.4 Å². The van der Waals surface area contributed by atoms with Crippen LogP contribution in [0.4, 0.5) is 0 Å². The summed E-state index contributed by atoms with van der Waals surface area (Å²) in [6.07, 6.45) is 2.01. The van der Waals surface area contributed by atoms with Gasteiger partial charge in [-0.2, -0.15) is 0 Å². The lowest BCUT2D eigenvalue weighted by molar-refractivity contribution is 0.0946. The number of hydrogen-bond acceptors (Lipinski definition) is 4. The smallest absolute Gasteiger partial charge is 0.251 e. The fourth-order valence-electron chi connectivity index (χ4n) is 2.41. The second kappa shape index (κ2) is 6.92. The molecule has 0 aromatic heterocycles. The van der Waals surface area contributed by atoms with E-state index < -0.39 is 0 Å². The summed E-state index contributed by atoms with van der Waals surface area (Å²) in [6, 6.07) is 6.11. The number of carbonyl (C=O) groups is 1. The minimum absolute atomic E-state index is 0. The summed E-state index contributed by atoms with van der Waals surface area (Å²) in [7, 11) is 0. The number of hydrogen-bond donors (Lipinski definition) is 3. The molecular weight excluding hydrogens is 367 g/mol. The zero-order chi connectivity index (χ0) is 13.1. The van der Waals surface area contributed by atoms with Crippen molar-refractivity contribution >= 4 is 35.8 Å². The zero-order valence-corrected chi connectivity index (χ0v) is 13.6. The van der Waals surface area contributed by atoms with Crippen LogP contribution in [0.2, 0.25) is 0 Å². The summed E-state index contributed by atoms with van der Waals surface area (Å²) in [6.45, 7) is 3.27. The Morgan fingerprint density at radius 3 is 2.95 bits per heavy atom. The largest absolute Gasteiger partial charge is 0.356 e. The molecule has 0 saturated heterocycles. The van der Waals surface area contributed by atoms with Crippen LogP contribution in [0.1, 0.15) is 27.9 Å². The van der Waals surface area contributed by atoms with Crippen LogP contribution in [0.3, 0.4) is 0 Å². The van der Waals surface area contributed by atoms with Crippen molar-refractivity contribution in [2.75, 3.05) is 19.6 Å². The van der Waals surface area contributed by atoms with Crippen LogP contribution in [-0.4, -0.2) is 31.5 Å².